The Morgan fingerprint density at radius 3 is 3.00 bits per heavy atom. The Labute approximate surface area is 102 Å². The quantitative estimate of drug-likeness (QED) is 0.819. The van der Waals surface area contributed by atoms with Crippen LogP contribution in [0, 0.1) is 0 Å². The zero-order chi connectivity index (χ0) is 12.7. The number of hydrogen-bond acceptors (Lipinski definition) is 3. The van der Waals surface area contributed by atoms with E-state index in [4.69, 9.17) is 5.11 Å². The number of carboxylic acid groups (broad SMARTS) is 1. The van der Waals surface area contributed by atoms with Gasteiger partial charge in [0.1, 0.15) is 5.65 Å². The highest BCUT2D eigenvalue weighted by atomic mass is 16.4. The molecule has 0 unspecified atom stereocenters. The van der Waals surface area contributed by atoms with Crippen LogP contribution in [-0.2, 0) is 6.42 Å². The van der Waals surface area contributed by atoms with Crippen LogP contribution in [0.2, 0.25) is 0 Å². The number of nitrogens with zero attached hydrogens (tertiary/aromatic N) is 2. The van der Waals surface area contributed by atoms with Crippen LogP contribution in [0.1, 0.15) is 28.0 Å². The molecule has 0 atom stereocenters. The fourth-order valence-electron chi connectivity index (χ4n) is 2.11. The van der Waals surface area contributed by atoms with Crippen LogP contribution in [0.3, 0.4) is 0 Å². The van der Waals surface area contributed by atoms with Crippen LogP contribution >= 0.6 is 0 Å². The molecule has 3 rings (SSSR count). The third-order valence-electron chi connectivity index (χ3n) is 3.03. The molecule has 0 bridgehead atoms. The number of aromatic carboxylic acids is 1. The molecule has 90 valence electrons. The minimum atomic E-state index is -1.05. The number of aromatic nitrogens is 2. The lowest BCUT2D eigenvalue weighted by molar-refractivity contribution is 0.0696. The Bertz CT molecular complexity index is 744. The molecule has 1 aliphatic carbocycles. The Hall–Kier alpha value is -2.43. The lowest BCUT2D eigenvalue weighted by Gasteiger charge is -2.11. The summed E-state index contributed by atoms with van der Waals surface area (Å²) in [7, 11) is 0. The Morgan fingerprint density at radius 1 is 1.39 bits per heavy atom. The maximum atomic E-state index is 12.2. The van der Waals surface area contributed by atoms with E-state index in [1.807, 2.05) is 12.2 Å². The summed E-state index contributed by atoms with van der Waals surface area (Å²) in [6.07, 6.45) is 6.61. The van der Waals surface area contributed by atoms with Gasteiger partial charge in [0.15, 0.2) is 0 Å². The van der Waals surface area contributed by atoms with Crippen LogP contribution in [0.15, 0.2) is 29.2 Å². The van der Waals surface area contributed by atoms with Gasteiger partial charge in [0.05, 0.1) is 11.3 Å². The minimum absolute atomic E-state index is 0.0812. The molecular formula is C13H10N2O3. The molecule has 5 nitrogen and oxygen atoms in total. The molecule has 0 aliphatic heterocycles. The van der Waals surface area contributed by atoms with Crippen LogP contribution in [0.5, 0.6) is 0 Å². The summed E-state index contributed by atoms with van der Waals surface area (Å²) in [6.45, 7) is 0. The van der Waals surface area contributed by atoms with Gasteiger partial charge in [-0.05, 0) is 31.1 Å². The molecular weight excluding hydrogens is 232 g/mol. The normalized spacial score (nSPS) is 13.6. The predicted octanol–water partition coefficient (Wildman–Crippen LogP) is 1.35. The second-order valence-electron chi connectivity index (χ2n) is 4.17. The number of rotatable bonds is 1. The van der Waals surface area contributed by atoms with Crippen molar-refractivity contribution in [3.05, 3.63) is 51.6 Å². The van der Waals surface area contributed by atoms with Crippen molar-refractivity contribution >= 4 is 17.7 Å². The third-order valence-corrected chi connectivity index (χ3v) is 3.03. The van der Waals surface area contributed by atoms with Gasteiger partial charge in [-0.3, -0.25) is 9.20 Å². The number of hydrogen-bond donors (Lipinski definition) is 1. The van der Waals surface area contributed by atoms with Crippen molar-refractivity contribution < 1.29 is 9.90 Å². The molecule has 0 fully saturated rings. The average molecular weight is 242 g/mol. The second kappa shape index (κ2) is 3.80. The van der Waals surface area contributed by atoms with E-state index < -0.39 is 5.97 Å². The van der Waals surface area contributed by atoms with Crippen molar-refractivity contribution in [2.45, 2.75) is 12.8 Å². The van der Waals surface area contributed by atoms with E-state index in [2.05, 4.69) is 4.98 Å². The maximum absolute atomic E-state index is 12.2. The third kappa shape index (κ3) is 1.52. The van der Waals surface area contributed by atoms with Gasteiger partial charge < -0.3 is 5.11 Å². The van der Waals surface area contributed by atoms with Crippen LogP contribution < -0.4 is 5.56 Å². The fourth-order valence-corrected chi connectivity index (χ4v) is 2.11. The van der Waals surface area contributed by atoms with Crippen molar-refractivity contribution in [2.24, 2.45) is 0 Å². The SMILES string of the molecule is O=C(O)c1ccc2nc3c(c(=O)n2c1)CCC=C3. The summed E-state index contributed by atoms with van der Waals surface area (Å²) in [6, 6.07) is 3.00. The number of carboxylic acids is 1. The van der Waals surface area contributed by atoms with E-state index in [1.54, 1.807) is 6.07 Å². The molecule has 2 aromatic rings. The molecule has 0 radical (unpaired) electrons. The van der Waals surface area contributed by atoms with Crippen LogP contribution in [0.25, 0.3) is 11.7 Å². The molecule has 1 aliphatic rings. The van der Waals surface area contributed by atoms with Gasteiger partial charge in [0.2, 0.25) is 0 Å². The van der Waals surface area contributed by atoms with Gasteiger partial charge in [0, 0.05) is 11.8 Å². The van der Waals surface area contributed by atoms with Gasteiger partial charge in [-0.2, -0.15) is 0 Å². The Kier molecular flexibility index (Phi) is 2.26. The van der Waals surface area contributed by atoms with E-state index in [1.165, 1.54) is 16.7 Å². The highest BCUT2D eigenvalue weighted by Gasteiger charge is 2.14. The molecule has 0 saturated heterocycles. The molecule has 5 heteroatoms. The molecule has 0 spiro atoms. The first-order valence-corrected chi connectivity index (χ1v) is 5.62. The highest BCUT2D eigenvalue weighted by molar-refractivity contribution is 5.87. The smallest absolute Gasteiger partial charge is 0.337 e. The summed E-state index contributed by atoms with van der Waals surface area (Å²) >= 11 is 0. The van der Waals surface area contributed by atoms with E-state index in [0.29, 0.717) is 23.3 Å². The predicted molar refractivity (Wildman–Crippen MR) is 65.8 cm³/mol. The minimum Gasteiger partial charge on any atom is -0.478 e. The molecule has 18 heavy (non-hydrogen) atoms. The molecule has 2 heterocycles. The largest absolute Gasteiger partial charge is 0.478 e. The number of carbonyl (C=O) groups is 1. The first kappa shape index (κ1) is 10.7. The Morgan fingerprint density at radius 2 is 2.22 bits per heavy atom. The van der Waals surface area contributed by atoms with Crippen molar-refractivity contribution in [1.82, 2.24) is 9.38 Å². The van der Waals surface area contributed by atoms with E-state index in [-0.39, 0.29) is 11.1 Å². The monoisotopic (exact) mass is 242 g/mol. The molecule has 0 aromatic carbocycles. The molecule has 1 N–H and O–H groups in total. The van der Waals surface area contributed by atoms with Gasteiger partial charge in [-0.25, -0.2) is 9.78 Å². The van der Waals surface area contributed by atoms with E-state index in [0.717, 1.165) is 6.42 Å². The van der Waals surface area contributed by atoms with Crippen LogP contribution in [-0.4, -0.2) is 20.5 Å². The fraction of sp³-hybridized carbons (Fsp3) is 0.154. The first-order valence-electron chi connectivity index (χ1n) is 5.62. The van der Waals surface area contributed by atoms with E-state index >= 15 is 0 Å². The van der Waals surface area contributed by atoms with Crippen LogP contribution in [0.4, 0.5) is 0 Å². The summed E-state index contributed by atoms with van der Waals surface area (Å²) in [5.74, 6) is -1.05. The van der Waals surface area contributed by atoms with Crippen molar-refractivity contribution in [1.29, 1.82) is 0 Å². The Balaban J connectivity index is 2.37. The van der Waals surface area contributed by atoms with Gasteiger partial charge >= 0.3 is 5.97 Å². The average Bonchev–Trinajstić information content (AvgIpc) is 2.38. The zero-order valence-corrected chi connectivity index (χ0v) is 9.46. The number of fused-ring (bicyclic) bond motifs is 2. The maximum Gasteiger partial charge on any atom is 0.337 e. The highest BCUT2D eigenvalue weighted by Crippen LogP contribution is 2.15. The van der Waals surface area contributed by atoms with Crippen molar-refractivity contribution in [2.75, 3.05) is 0 Å². The summed E-state index contributed by atoms with van der Waals surface area (Å²) < 4.78 is 1.31. The molecule has 0 saturated carbocycles. The lowest BCUT2D eigenvalue weighted by atomic mass is 10.0. The standard InChI is InChI=1S/C13H10N2O3/c16-12-9-3-1-2-4-10(9)14-11-6-5-8(13(17)18)7-15(11)12/h2,4-7H,1,3H2,(H,17,18). The first-order chi connectivity index (χ1) is 8.66. The summed E-state index contributed by atoms with van der Waals surface area (Å²) in [5.41, 5.74) is 1.71. The zero-order valence-electron chi connectivity index (χ0n) is 9.46. The topological polar surface area (TPSA) is 71.7 Å². The summed E-state index contributed by atoms with van der Waals surface area (Å²) in [4.78, 5) is 27.5. The lowest BCUT2D eigenvalue weighted by Crippen LogP contribution is -2.23. The summed E-state index contributed by atoms with van der Waals surface area (Å²) in [5, 5.41) is 8.93. The van der Waals surface area contributed by atoms with Crippen molar-refractivity contribution in [3.63, 3.8) is 0 Å². The second-order valence-corrected chi connectivity index (χ2v) is 4.17. The van der Waals surface area contributed by atoms with Gasteiger partial charge in [-0.15, -0.1) is 0 Å². The van der Waals surface area contributed by atoms with E-state index in [9.17, 15) is 9.59 Å². The van der Waals surface area contributed by atoms with Crippen molar-refractivity contribution in [3.8, 4) is 0 Å². The van der Waals surface area contributed by atoms with Gasteiger partial charge in [-0.1, -0.05) is 6.08 Å². The molecule has 2 aromatic heterocycles. The van der Waals surface area contributed by atoms with Gasteiger partial charge in [0.25, 0.3) is 5.56 Å². The number of allylic oxidation sites excluding steroid dienone is 1. The molecule has 0 amide bonds. The number of pyridine rings is 1.